The summed E-state index contributed by atoms with van der Waals surface area (Å²) in [6.07, 6.45) is -1.23. The van der Waals surface area contributed by atoms with Crippen LogP contribution in [0, 0.1) is 24.7 Å². The maximum Gasteiger partial charge on any atom is 0.421 e. The average molecular weight is 496 g/mol. The molecular formula is C26H32F3NO3S. The van der Waals surface area contributed by atoms with Crippen LogP contribution < -0.4 is 0 Å². The number of halogens is 3. The summed E-state index contributed by atoms with van der Waals surface area (Å²) in [5.74, 6) is 1.43. The molecule has 2 aromatic carbocycles. The topological polar surface area (TPSA) is 57.6 Å². The Hall–Kier alpha value is -1.90. The summed E-state index contributed by atoms with van der Waals surface area (Å²) in [7, 11) is -2.97. The molecule has 2 fully saturated rings. The van der Waals surface area contributed by atoms with Crippen LogP contribution in [0.2, 0.25) is 0 Å². The number of hydrogen-bond acceptors (Lipinski definition) is 4. The first-order valence-electron chi connectivity index (χ1n) is 11.6. The first-order valence-corrected chi connectivity index (χ1v) is 13.7. The summed E-state index contributed by atoms with van der Waals surface area (Å²) in [5, 5.41) is 9.88. The summed E-state index contributed by atoms with van der Waals surface area (Å²) >= 11 is 0. The van der Waals surface area contributed by atoms with Gasteiger partial charge in [-0.25, -0.2) is 8.42 Å². The summed E-state index contributed by atoms with van der Waals surface area (Å²) in [6, 6.07) is 12.0. The fourth-order valence-corrected chi connectivity index (χ4v) is 6.97. The second-order valence-electron chi connectivity index (χ2n) is 10.3. The van der Waals surface area contributed by atoms with E-state index >= 15 is 0 Å². The molecule has 0 radical (unpaired) electrons. The van der Waals surface area contributed by atoms with Crippen LogP contribution in [0.25, 0.3) is 11.1 Å². The van der Waals surface area contributed by atoms with Crippen molar-refractivity contribution in [1.82, 2.24) is 4.90 Å². The molecule has 8 heteroatoms. The number of alkyl halides is 3. The van der Waals surface area contributed by atoms with E-state index in [1.165, 1.54) is 24.0 Å². The van der Waals surface area contributed by atoms with Crippen LogP contribution in [-0.2, 0) is 22.0 Å². The zero-order valence-electron chi connectivity index (χ0n) is 19.8. The molecule has 4 rings (SSSR count). The van der Waals surface area contributed by atoms with E-state index in [1.54, 1.807) is 12.1 Å². The number of hydrogen-bond donors (Lipinski definition) is 1. The molecule has 1 heterocycles. The van der Waals surface area contributed by atoms with Gasteiger partial charge in [-0.05, 0) is 72.3 Å². The Morgan fingerprint density at radius 2 is 1.62 bits per heavy atom. The summed E-state index contributed by atoms with van der Waals surface area (Å²) in [5.41, 5.74) is 0.853. The Bertz CT molecular complexity index is 1130. The van der Waals surface area contributed by atoms with E-state index in [2.05, 4.69) is 11.0 Å². The number of nitrogens with zero attached hydrogens (tertiary/aromatic N) is 1. The molecule has 34 heavy (non-hydrogen) atoms. The highest BCUT2D eigenvalue weighted by Crippen LogP contribution is 2.43. The lowest BCUT2D eigenvalue weighted by Gasteiger charge is -2.37. The lowest BCUT2D eigenvalue weighted by Crippen LogP contribution is -2.43. The molecule has 1 saturated carbocycles. The van der Waals surface area contributed by atoms with Gasteiger partial charge in [-0.1, -0.05) is 42.5 Å². The van der Waals surface area contributed by atoms with Gasteiger partial charge in [0.25, 0.3) is 0 Å². The second-order valence-corrected chi connectivity index (χ2v) is 12.5. The number of benzene rings is 2. The third kappa shape index (κ3) is 5.19. The van der Waals surface area contributed by atoms with Crippen molar-refractivity contribution in [1.29, 1.82) is 0 Å². The molecule has 1 aliphatic heterocycles. The van der Waals surface area contributed by atoms with Gasteiger partial charge in [0, 0.05) is 25.9 Å². The number of sulfone groups is 1. The van der Waals surface area contributed by atoms with Crippen molar-refractivity contribution < 1.29 is 26.7 Å². The van der Waals surface area contributed by atoms with E-state index in [-0.39, 0.29) is 11.5 Å². The lowest BCUT2D eigenvalue weighted by molar-refractivity contribution is -0.258. The Kier molecular flexibility index (Phi) is 6.64. The normalized spacial score (nSPS) is 25.3. The van der Waals surface area contributed by atoms with Crippen molar-refractivity contribution in [3.05, 3.63) is 59.2 Å². The van der Waals surface area contributed by atoms with Gasteiger partial charge < -0.3 is 5.11 Å². The largest absolute Gasteiger partial charge is 0.421 e. The van der Waals surface area contributed by atoms with Crippen molar-refractivity contribution >= 4 is 9.84 Å². The maximum atomic E-state index is 13.1. The van der Waals surface area contributed by atoms with Gasteiger partial charge in [-0.15, -0.1) is 0 Å². The van der Waals surface area contributed by atoms with Crippen LogP contribution in [0.15, 0.2) is 42.5 Å². The van der Waals surface area contributed by atoms with E-state index in [9.17, 15) is 26.7 Å². The van der Waals surface area contributed by atoms with Gasteiger partial charge in [-0.2, -0.15) is 13.2 Å². The molecule has 1 aliphatic carbocycles. The molecule has 2 aliphatic rings. The lowest BCUT2D eigenvalue weighted by atomic mass is 9.86. The molecular weight excluding hydrogens is 463 g/mol. The Balaban J connectivity index is 1.44. The SMILES string of the molecule is Cc1cc(CN2CC3CCC(C2)C3CS(C)(=O)=O)ccc1-c1ccc(C(C)(O)C(F)(F)F)cc1. The zero-order chi connectivity index (χ0) is 24.9. The molecule has 2 bridgehead atoms. The van der Waals surface area contributed by atoms with E-state index in [4.69, 9.17) is 0 Å². The highest BCUT2D eigenvalue weighted by Gasteiger charge is 2.51. The van der Waals surface area contributed by atoms with Gasteiger partial charge >= 0.3 is 6.18 Å². The third-order valence-electron chi connectivity index (χ3n) is 7.61. The molecule has 0 spiro atoms. The molecule has 1 N–H and O–H groups in total. The van der Waals surface area contributed by atoms with Gasteiger partial charge in [0.2, 0.25) is 0 Å². The molecule has 186 valence electrons. The van der Waals surface area contributed by atoms with Gasteiger partial charge in [-0.3, -0.25) is 4.90 Å². The van der Waals surface area contributed by atoms with Crippen LogP contribution >= 0.6 is 0 Å². The summed E-state index contributed by atoms with van der Waals surface area (Å²) in [4.78, 5) is 2.42. The Labute approximate surface area is 199 Å². The number of piperidine rings is 1. The fourth-order valence-electron chi connectivity index (χ4n) is 5.73. The summed E-state index contributed by atoms with van der Waals surface area (Å²) in [6.45, 7) is 5.38. The van der Waals surface area contributed by atoms with Crippen LogP contribution in [-0.4, -0.2) is 49.7 Å². The van der Waals surface area contributed by atoms with Crippen molar-refractivity contribution in [2.45, 2.75) is 45.0 Å². The average Bonchev–Trinajstić information content (AvgIpc) is 2.94. The monoisotopic (exact) mass is 495 g/mol. The first kappa shape index (κ1) is 25.2. The van der Waals surface area contributed by atoms with Crippen LogP contribution in [0.1, 0.15) is 36.5 Å². The van der Waals surface area contributed by atoms with E-state index in [0.717, 1.165) is 56.1 Å². The molecule has 2 aromatic rings. The maximum absolute atomic E-state index is 13.1. The number of fused-ring (bicyclic) bond motifs is 2. The Morgan fingerprint density at radius 1 is 1.03 bits per heavy atom. The Morgan fingerprint density at radius 3 is 2.12 bits per heavy atom. The second kappa shape index (κ2) is 8.95. The number of rotatable bonds is 6. The molecule has 0 aromatic heterocycles. The number of likely N-dealkylation sites (tertiary alicyclic amines) is 1. The molecule has 3 unspecified atom stereocenters. The van der Waals surface area contributed by atoms with Crippen molar-refractivity contribution in [3.8, 4) is 11.1 Å². The third-order valence-corrected chi connectivity index (χ3v) is 8.60. The highest BCUT2D eigenvalue weighted by atomic mass is 32.2. The van der Waals surface area contributed by atoms with Crippen LogP contribution in [0.4, 0.5) is 13.2 Å². The summed E-state index contributed by atoms with van der Waals surface area (Å²) < 4.78 is 63.0. The van der Waals surface area contributed by atoms with Crippen LogP contribution in [0.3, 0.4) is 0 Å². The minimum Gasteiger partial charge on any atom is -0.376 e. The quantitative estimate of drug-likeness (QED) is 0.617. The van der Waals surface area contributed by atoms with E-state index < -0.39 is 21.6 Å². The minimum absolute atomic E-state index is 0.188. The van der Waals surface area contributed by atoms with Crippen molar-refractivity contribution in [3.63, 3.8) is 0 Å². The number of aryl methyl sites for hydroxylation is 1. The molecule has 1 saturated heterocycles. The minimum atomic E-state index is -4.75. The van der Waals surface area contributed by atoms with Crippen molar-refractivity contribution in [2.75, 3.05) is 25.1 Å². The van der Waals surface area contributed by atoms with Crippen molar-refractivity contribution in [2.24, 2.45) is 17.8 Å². The number of aliphatic hydroxyl groups is 1. The molecule has 3 atom stereocenters. The van der Waals surface area contributed by atoms with E-state index in [1.807, 2.05) is 19.1 Å². The zero-order valence-corrected chi connectivity index (χ0v) is 20.6. The molecule has 0 amide bonds. The first-order chi connectivity index (χ1) is 15.7. The smallest absolute Gasteiger partial charge is 0.376 e. The molecule has 4 nitrogen and oxygen atoms in total. The predicted molar refractivity (Wildman–Crippen MR) is 127 cm³/mol. The standard InChI is InChI=1S/C26H32F3NO3S/c1-17-12-18(13-30-14-20-5-6-21(15-30)24(20)16-34(3,32)33)4-11-23(17)19-7-9-22(10-8-19)25(2,31)26(27,28)29/h4,7-12,20-21,24,31H,5-6,13-16H2,1-3H3. The van der Waals surface area contributed by atoms with E-state index in [0.29, 0.717) is 17.6 Å². The van der Waals surface area contributed by atoms with Gasteiger partial charge in [0.05, 0.1) is 5.75 Å². The van der Waals surface area contributed by atoms with Gasteiger partial charge in [0.1, 0.15) is 9.84 Å². The predicted octanol–water partition coefficient (Wildman–Crippen LogP) is 4.93. The van der Waals surface area contributed by atoms with Crippen LogP contribution in [0.5, 0.6) is 0 Å². The van der Waals surface area contributed by atoms with Gasteiger partial charge in [0.15, 0.2) is 5.60 Å². The fraction of sp³-hybridized carbons (Fsp3) is 0.538. The highest BCUT2D eigenvalue weighted by molar-refractivity contribution is 7.90.